The highest BCUT2D eigenvalue weighted by Gasteiger charge is 2.24. The number of ether oxygens (including phenoxy) is 1. The Morgan fingerprint density at radius 2 is 1.89 bits per heavy atom. The van der Waals surface area contributed by atoms with Crippen LogP contribution < -0.4 is 15.8 Å². The molecule has 3 aromatic rings. The number of nitriles is 1. The fourth-order valence-corrected chi connectivity index (χ4v) is 6.05. The predicted molar refractivity (Wildman–Crippen MR) is 149 cm³/mol. The number of aryl methyl sites for hydroxylation is 3. The van der Waals surface area contributed by atoms with E-state index >= 15 is 0 Å². The summed E-state index contributed by atoms with van der Waals surface area (Å²) in [5.41, 5.74) is 11.6. The Kier molecular flexibility index (Phi) is 7.82. The Bertz CT molecular complexity index is 1350. The minimum atomic E-state index is -0.401. The van der Waals surface area contributed by atoms with Gasteiger partial charge < -0.3 is 15.8 Å². The first kappa shape index (κ1) is 26.0. The average Bonchev–Trinajstić information content (AvgIpc) is 2.92. The highest BCUT2D eigenvalue weighted by Crippen LogP contribution is 2.36. The lowest BCUT2D eigenvalue weighted by atomic mass is 10.0. The number of carbonyl (C=O) groups is 1. The van der Waals surface area contributed by atoms with E-state index in [2.05, 4.69) is 16.3 Å². The number of nitrogens with two attached hydrogens (primary N) is 1. The van der Waals surface area contributed by atoms with E-state index in [1.165, 1.54) is 5.56 Å². The van der Waals surface area contributed by atoms with E-state index in [1.807, 2.05) is 49.9 Å². The Hall–Kier alpha value is -3.61. The number of anilines is 1. The van der Waals surface area contributed by atoms with E-state index in [4.69, 9.17) is 20.4 Å². The maximum absolute atomic E-state index is 11.3. The molecule has 3 N–H and O–H groups in total. The van der Waals surface area contributed by atoms with Crippen molar-refractivity contribution in [1.29, 1.82) is 5.26 Å². The van der Waals surface area contributed by atoms with Crippen molar-refractivity contribution in [3.8, 4) is 17.7 Å². The number of fused-ring (bicyclic) bond motifs is 1. The van der Waals surface area contributed by atoms with Gasteiger partial charge in [0.2, 0.25) is 17.7 Å². The molecule has 9 heteroatoms. The molecule has 1 aromatic heterocycles. The van der Waals surface area contributed by atoms with Gasteiger partial charge in [-0.15, -0.1) is 0 Å². The molecule has 38 heavy (non-hydrogen) atoms. The fraction of sp³-hybridized carbons (Fsp3) is 0.379. The number of carbonyl (C=O) groups excluding carboxylic acids is 1. The molecular weight excluding hydrogens is 496 g/mol. The van der Waals surface area contributed by atoms with Crippen molar-refractivity contribution in [3.05, 3.63) is 75.5 Å². The molecule has 1 fully saturated rings. The summed E-state index contributed by atoms with van der Waals surface area (Å²) in [5, 5.41) is 12.9. The third-order valence-electron chi connectivity index (χ3n) is 7.14. The highest BCUT2D eigenvalue weighted by molar-refractivity contribution is 7.98. The second-order valence-corrected chi connectivity index (χ2v) is 11.1. The van der Waals surface area contributed by atoms with Crippen LogP contribution in [0.15, 0.2) is 36.4 Å². The second kappa shape index (κ2) is 11.4. The molecule has 0 bridgehead atoms. The van der Waals surface area contributed by atoms with Crippen LogP contribution in [0, 0.1) is 25.2 Å². The normalized spacial score (nSPS) is 15.9. The van der Waals surface area contributed by atoms with Crippen LogP contribution in [0.1, 0.15) is 56.7 Å². The minimum Gasteiger partial charge on any atom is -0.438 e. The van der Waals surface area contributed by atoms with Gasteiger partial charge in [0.1, 0.15) is 5.75 Å². The number of hydrogen-bond donors (Lipinski definition) is 2. The van der Waals surface area contributed by atoms with E-state index in [0.717, 1.165) is 78.5 Å². The monoisotopic (exact) mass is 528 g/mol. The molecule has 0 radical (unpaired) electrons. The van der Waals surface area contributed by atoms with E-state index in [0.29, 0.717) is 23.0 Å². The molecule has 196 valence electrons. The number of piperidine rings is 1. The highest BCUT2D eigenvalue weighted by atomic mass is 32.2. The summed E-state index contributed by atoms with van der Waals surface area (Å²) < 4.78 is 6.42. The molecule has 0 unspecified atom stereocenters. The number of nitrogens with one attached hydrogen (secondary N) is 1. The zero-order chi connectivity index (χ0) is 26.6. The Balaban J connectivity index is 1.27. The minimum absolute atomic E-state index is 0.283. The van der Waals surface area contributed by atoms with Crippen LogP contribution in [0.25, 0.3) is 0 Å². The first-order valence-electron chi connectivity index (χ1n) is 12.9. The van der Waals surface area contributed by atoms with Gasteiger partial charge in [0.15, 0.2) is 0 Å². The van der Waals surface area contributed by atoms with Gasteiger partial charge in [0.05, 0.1) is 17.3 Å². The van der Waals surface area contributed by atoms with Crippen molar-refractivity contribution in [2.45, 2.75) is 51.4 Å². The second-order valence-electron chi connectivity index (χ2n) is 9.99. The first-order valence-corrected chi connectivity index (χ1v) is 14.1. The van der Waals surface area contributed by atoms with Crippen LogP contribution >= 0.6 is 11.8 Å². The maximum Gasteiger partial charge on any atom is 0.248 e. The van der Waals surface area contributed by atoms with Crippen LogP contribution in [0.3, 0.4) is 0 Å². The Morgan fingerprint density at radius 3 is 2.55 bits per heavy atom. The molecule has 2 aliphatic heterocycles. The molecule has 5 rings (SSSR count). The molecule has 3 heterocycles. The topological polar surface area (TPSA) is 117 Å². The molecule has 2 aromatic carbocycles. The summed E-state index contributed by atoms with van der Waals surface area (Å²) in [6.07, 6.45) is 2.87. The van der Waals surface area contributed by atoms with Crippen LogP contribution in [0.2, 0.25) is 0 Å². The van der Waals surface area contributed by atoms with Crippen molar-refractivity contribution in [2.75, 3.05) is 24.2 Å². The van der Waals surface area contributed by atoms with Gasteiger partial charge in [0.25, 0.3) is 0 Å². The standard InChI is InChI=1S/C29H32N6O2S/c1-18-13-21(15-30)14-19(2)26(18)37-28-24-17-38-12-9-25(24)33-29(34-28)32-23-7-10-35(11-8-23)16-20-3-5-22(6-4-20)27(31)36/h3-6,13-14,23H,7-12,16-17H2,1-2H3,(H2,31,36)(H,32,33,34). The SMILES string of the molecule is Cc1cc(C#N)cc(C)c1Oc1nc(NC2CCN(Cc3ccc(C(N)=O)cc3)CC2)nc2c1CSCC2. The summed E-state index contributed by atoms with van der Waals surface area (Å²) in [7, 11) is 0. The maximum atomic E-state index is 11.3. The number of benzene rings is 2. The largest absolute Gasteiger partial charge is 0.438 e. The number of aromatic nitrogens is 2. The van der Waals surface area contributed by atoms with E-state index in [9.17, 15) is 10.1 Å². The summed E-state index contributed by atoms with van der Waals surface area (Å²) in [6.45, 7) is 6.70. The lowest BCUT2D eigenvalue weighted by molar-refractivity contribution is 0.1000. The number of amides is 1. The van der Waals surface area contributed by atoms with Crippen molar-refractivity contribution in [2.24, 2.45) is 5.73 Å². The van der Waals surface area contributed by atoms with Crippen LogP contribution in [0.4, 0.5) is 5.95 Å². The number of rotatable bonds is 7. The van der Waals surface area contributed by atoms with Crippen LogP contribution in [-0.4, -0.2) is 45.7 Å². The smallest absolute Gasteiger partial charge is 0.248 e. The molecule has 0 aliphatic carbocycles. The summed E-state index contributed by atoms with van der Waals surface area (Å²) in [4.78, 5) is 23.4. The van der Waals surface area contributed by atoms with Crippen molar-refractivity contribution >= 4 is 23.6 Å². The predicted octanol–water partition coefficient (Wildman–Crippen LogP) is 4.72. The zero-order valence-corrected chi connectivity index (χ0v) is 22.6. The number of thioether (sulfide) groups is 1. The number of hydrogen-bond acceptors (Lipinski definition) is 8. The van der Waals surface area contributed by atoms with Crippen molar-refractivity contribution < 1.29 is 9.53 Å². The first-order chi connectivity index (χ1) is 18.4. The summed E-state index contributed by atoms with van der Waals surface area (Å²) in [6, 6.07) is 13.7. The third-order valence-corrected chi connectivity index (χ3v) is 8.12. The Labute approximate surface area is 227 Å². The van der Waals surface area contributed by atoms with Crippen LogP contribution in [0.5, 0.6) is 11.6 Å². The van der Waals surface area contributed by atoms with Gasteiger partial charge in [0, 0.05) is 42.6 Å². The quantitative estimate of drug-likeness (QED) is 0.452. The van der Waals surface area contributed by atoms with Gasteiger partial charge in [-0.25, -0.2) is 4.98 Å². The van der Waals surface area contributed by atoms with Gasteiger partial charge in [-0.05, 0) is 79.8 Å². The average molecular weight is 529 g/mol. The summed E-state index contributed by atoms with van der Waals surface area (Å²) >= 11 is 1.87. The molecule has 8 nitrogen and oxygen atoms in total. The van der Waals surface area contributed by atoms with Crippen molar-refractivity contribution in [1.82, 2.24) is 14.9 Å². The van der Waals surface area contributed by atoms with Gasteiger partial charge in [-0.3, -0.25) is 9.69 Å². The molecule has 2 aliphatic rings. The van der Waals surface area contributed by atoms with Gasteiger partial charge >= 0.3 is 0 Å². The summed E-state index contributed by atoms with van der Waals surface area (Å²) in [5.74, 6) is 3.45. The number of nitrogens with zero attached hydrogens (tertiary/aromatic N) is 4. The van der Waals surface area contributed by atoms with Gasteiger partial charge in [-0.2, -0.15) is 22.0 Å². The molecule has 1 amide bonds. The zero-order valence-electron chi connectivity index (χ0n) is 21.8. The fourth-order valence-electron chi connectivity index (χ4n) is 5.07. The molecule has 0 spiro atoms. The van der Waals surface area contributed by atoms with E-state index < -0.39 is 5.91 Å². The van der Waals surface area contributed by atoms with Gasteiger partial charge in [-0.1, -0.05) is 12.1 Å². The number of primary amides is 1. The lowest BCUT2D eigenvalue weighted by Crippen LogP contribution is -2.39. The van der Waals surface area contributed by atoms with Crippen LogP contribution in [-0.2, 0) is 18.7 Å². The third kappa shape index (κ3) is 5.93. The molecular formula is C29H32N6O2S. The van der Waals surface area contributed by atoms with Crippen molar-refractivity contribution in [3.63, 3.8) is 0 Å². The molecule has 1 saturated heterocycles. The Morgan fingerprint density at radius 1 is 1.18 bits per heavy atom. The van der Waals surface area contributed by atoms with E-state index in [-0.39, 0.29) is 6.04 Å². The lowest BCUT2D eigenvalue weighted by Gasteiger charge is -2.32. The van der Waals surface area contributed by atoms with E-state index in [1.54, 1.807) is 12.1 Å². The molecule has 0 saturated carbocycles. The molecule has 0 atom stereocenters. The number of likely N-dealkylation sites (tertiary alicyclic amines) is 1.